The van der Waals surface area contributed by atoms with E-state index in [9.17, 15) is 17.6 Å². The molecule has 2 saturated carbocycles. The molecule has 0 unspecified atom stereocenters. The summed E-state index contributed by atoms with van der Waals surface area (Å²) in [7, 11) is 0. The van der Waals surface area contributed by atoms with E-state index >= 15 is 0 Å². The first-order valence-corrected chi connectivity index (χ1v) is 15.4. The van der Waals surface area contributed by atoms with Crippen molar-refractivity contribution in [1.82, 2.24) is 4.90 Å². The zero-order valence-electron chi connectivity index (χ0n) is 24.3. The third kappa shape index (κ3) is 7.71. The summed E-state index contributed by atoms with van der Waals surface area (Å²) >= 11 is 0. The van der Waals surface area contributed by atoms with Crippen LogP contribution in [0.5, 0.6) is 11.5 Å². The lowest BCUT2D eigenvalue weighted by atomic mass is 9.68. The standard InChI is InChI=1S/C35H39F4NO3/c36-29-8-6-25(7-9-29)26-16-20-40(21-17-26)30-14-18-34(19-15-30,28-4-2-1-3-5-28)24-41-23-27-22-32(43-35(37,38)39)12-13-33(27)42-31-10-11-31/h1-9,12-13,22,26,30-31H,10-11,14-21,23-24H2/t30-,34+. The number of alkyl halides is 3. The molecule has 0 atom stereocenters. The second-order valence-electron chi connectivity index (χ2n) is 12.4. The second-order valence-corrected chi connectivity index (χ2v) is 12.4. The molecule has 3 fully saturated rings. The van der Waals surface area contributed by atoms with E-state index in [-0.39, 0.29) is 29.7 Å². The van der Waals surface area contributed by atoms with E-state index in [1.165, 1.54) is 23.3 Å². The molecule has 0 bridgehead atoms. The smallest absolute Gasteiger partial charge is 0.490 e. The molecule has 0 spiro atoms. The minimum absolute atomic E-state index is 0.111. The van der Waals surface area contributed by atoms with Gasteiger partial charge >= 0.3 is 6.36 Å². The van der Waals surface area contributed by atoms with Crippen LogP contribution in [0.1, 0.15) is 74.0 Å². The molecule has 0 aromatic heterocycles. The minimum Gasteiger partial charge on any atom is -0.490 e. The molecule has 3 aliphatic rings. The van der Waals surface area contributed by atoms with Crippen molar-refractivity contribution >= 4 is 0 Å². The average Bonchev–Trinajstić information content (AvgIpc) is 3.83. The Morgan fingerprint density at radius 3 is 2.16 bits per heavy atom. The zero-order chi connectivity index (χ0) is 29.9. The van der Waals surface area contributed by atoms with Gasteiger partial charge < -0.3 is 19.1 Å². The fraction of sp³-hybridized carbons (Fsp3) is 0.486. The number of nitrogens with zero attached hydrogens (tertiary/aromatic N) is 1. The van der Waals surface area contributed by atoms with Gasteiger partial charge in [0.25, 0.3) is 0 Å². The van der Waals surface area contributed by atoms with Crippen LogP contribution in [-0.4, -0.2) is 43.1 Å². The largest absolute Gasteiger partial charge is 0.573 e. The number of rotatable bonds is 10. The molecule has 230 valence electrons. The second kappa shape index (κ2) is 12.9. The van der Waals surface area contributed by atoms with Gasteiger partial charge in [-0.3, -0.25) is 0 Å². The van der Waals surface area contributed by atoms with E-state index in [0.717, 1.165) is 64.5 Å². The molecule has 1 heterocycles. The van der Waals surface area contributed by atoms with Crippen LogP contribution >= 0.6 is 0 Å². The summed E-state index contributed by atoms with van der Waals surface area (Å²) in [5.74, 6) is 0.575. The number of benzene rings is 3. The van der Waals surface area contributed by atoms with E-state index in [2.05, 4.69) is 33.9 Å². The van der Waals surface area contributed by atoms with E-state index in [1.807, 2.05) is 18.2 Å². The molecule has 4 nitrogen and oxygen atoms in total. The molecule has 3 aromatic carbocycles. The Morgan fingerprint density at radius 1 is 0.814 bits per heavy atom. The molecule has 0 amide bonds. The lowest BCUT2D eigenvalue weighted by Gasteiger charge is -2.45. The fourth-order valence-electron chi connectivity index (χ4n) is 6.86. The first kappa shape index (κ1) is 29.9. The Kier molecular flexibility index (Phi) is 8.96. The van der Waals surface area contributed by atoms with Crippen LogP contribution in [0.4, 0.5) is 17.6 Å². The molecule has 6 rings (SSSR count). The van der Waals surface area contributed by atoms with Gasteiger partial charge in [-0.15, -0.1) is 13.2 Å². The van der Waals surface area contributed by atoms with Gasteiger partial charge in [0.05, 0.1) is 19.3 Å². The van der Waals surface area contributed by atoms with Crippen molar-refractivity contribution in [1.29, 1.82) is 0 Å². The monoisotopic (exact) mass is 597 g/mol. The number of hydrogen-bond donors (Lipinski definition) is 0. The summed E-state index contributed by atoms with van der Waals surface area (Å²) < 4.78 is 68.6. The van der Waals surface area contributed by atoms with E-state index in [4.69, 9.17) is 9.47 Å². The van der Waals surface area contributed by atoms with Crippen molar-refractivity contribution in [2.75, 3.05) is 19.7 Å². The van der Waals surface area contributed by atoms with Crippen LogP contribution < -0.4 is 9.47 Å². The van der Waals surface area contributed by atoms with Crippen LogP contribution in [-0.2, 0) is 16.8 Å². The average molecular weight is 598 g/mol. The fourth-order valence-corrected chi connectivity index (χ4v) is 6.86. The lowest BCUT2D eigenvalue weighted by Crippen LogP contribution is -2.46. The van der Waals surface area contributed by atoms with Gasteiger partial charge in [-0.1, -0.05) is 42.5 Å². The van der Waals surface area contributed by atoms with Crippen molar-refractivity contribution in [2.45, 2.75) is 87.8 Å². The van der Waals surface area contributed by atoms with Crippen molar-refractivity contribution < 1.29 is 31.8 Å². The highest BCUT2D eigenvalue weighted by atomic mass is 19.4. The van der Waals surface area contributed by atoms with Crippen LogP contribution in [0, 0.1) is 5.82 Å². The third-order valence-corrected chi connectivity index (χ3v) is 9.41. The SMILES string of the molecule is Fc1ccc(C2CCN([C@H]3CC[C@@](COCc4cc(OC(F)(F)F)ccc4OC4CC4)(c4ccccc4)CC3)CC2)cc1. The summed E-state index contributed by atoms with van der Waals surface area (Å²) in [4.78, 5) is 2.63. The summed E-state index contributed by atoms with van der Waals surface area (Å²) in [6.07, 6.45) is 3.48. The van der Waals surface area contributed by atoms with Crippen molar-refractivity contribution in [3.8, 4) is 11.5 Å². The van der Waals surface area contributed by atoms with Gasteiger partial charge in [-0.25, -0.2) is 4.39 Å². The predicted octanol–water partition coefficient (Wildman–Crippen LogP) is 8.54. The highest BCUT2D eigenvalue weighted by molar-refractivity contribution is 5.40. The highest BCUT2D eigenvalue weighted by Gasteiger charge is 2.39. The highest BCUT2D eigenvalue weighted by Crippen LogP contribution is 2.43. The predicted molar refractivity (Wildman–Crippen MR) is 157 cm³/mol. The number of halogens is 4. The molecule has 1 saturated heterocycles. The maximum atomic E-state index is 13.4. The maximum Gasteiger partial charge on any atom is 0.573 e. The van der Waals surface area contributed by atoms with Crippen LogP contribution in [0.25, 0.3) is 0 Å². The molecule has 43 heavy (non-hydrogen) atoms. The van der Waals surface area contributed by atoms with Gasteiger partial charge in [-0.2, -0.15) is 0 Å². The molecule has 0 N–H and O–H groups in total. The first-order valence-electron chi connectivity index (χ1n) is 15.4. The number of hydrogen-bond acceptors (Lipinski definition) is 4. The normalized spacial score (nSPS) is 23.7. The molecular formula is C35H39F4NO3. The van der Waals surface area contributed by atoms with Gasteiger partial charge in [0.2, 0.25) is 0 Å². The maximum absolute atomic E-state index is 13.4. The number of likely N-dealkylation sites (tertiary alicyclic amines) is 1. The van der Waals surface area contributed by atoms with Crippen molar-refractivity contribution in [3.05, 3.63) is 95.3 Å². The number of piperidine rings is 1. The van der Waals surface area contributed by atoms with Gasteiger partial charge in [0.15, 0.2) is 0 Å². The Balaban J connectivity index is 1.09. The van der Waals surface area contributed by atoms with Gasteiger partial charge in [-0.05, 0) is 112 Å². The van der Waals surface area contributed by atoms with Crippen LogP contribution in [0.2, 0.25) is 0 Å². The first-order chi connectivity index (χ1) is 20.8. The summed E-state index contributed by atoms with van der Waals surface area (Å²) in [5, 5.41) is 0. The summed E-state index contributed by atoms with van der Waals surface area (Å²) in [5.41, 5.74) is 2.87. The topological polar surface area (TPSA) is 30.9 Å². The van der Waals surface area contributed by atoms with Crippen LogP contribution in [0.15, 0.2) is 72.8 Å². The molecular weight excluding hydrogens is 558 g/mol. The molecule has 1 aliphatic heterocycles. The summed E-state index contributed by atoms with van der Waals surface area (Å²) in [6, 6.07) is 22.2. The van der Waals surface area contributed by atoms with E-state index in [1.54, 1.807) is 18.2 Å². The van der Waals surface area contributed by atoms with Crippen LogP contribution in [0.3, 0.4) is 0 Å². The lowest BCUT2D eigenvalue weighted by molar-refractivity contribution is -0.274. The van der Waals surface area contributed by atoms with Crippen molar-refractivity contribution in [2.24, 2.45) is 0 Å². The minimum atomic E-state index is -4.76. The Morgan fingerprint density at radius 2 is 1.51 bits per heavy atom. The van der Waals surface area contributed by atoms with E-state index in [0.29, 0.717) is 29.9 Å². The molecule has 8 heteroatoms. The molecule has 2 aliphatic carbocycles. The third-order valence-electron chi connectivity index (χ3n) is 9.41. The van der Waals surface area contributed by atoms with Gasteiger partial charge in [0, 0.05) is 17.0 Å². The molecule has 0 radical (unpaired) electrons. The number of ether oxygens (including phenoxy) is 3. The molecule has 3 aromatic rings. The Hall–Kier alpha value is -3.10. The Bertz CT molecular complexity index is 1330. The van der Waals surface area contributed by atoms with Crippen molar-refractivity contribution in [3.63, 3.8) is 0 Å². The van der Waals surface area contributed by atoms with E-state index < -0.39 is 6.36 Å². The van der Waals surface area contributed by atoms with Gasteiger partial charge in [0.1, 0.15) is 17.3 Å². The zero-order valence-corrected chi connectivity index (χ0v) is 24.3. The Labute approximate surface area is 250 Å². The summed E-state index contributed by atoms with van der Waals surface area (Å²) in [6.45, 7) is 2.71. The quantitative estimate of drug-likeness (QED) is 0.219.